The average Bonchev–Trinajstić information content (AvgIpc) is 2.73. The number of rotatable bonds is 17. The number of unbranched alkanes of at least 4 members (excludes halogenated alkanes) is 1. The Morgan fingerprint density at radius 1 is 0.758 bits per heavy atom. The number of carboxylic acids is 3. The molecule has 0 aliphatic heterocycles. The Labute approximate surface area is 195 Å². The summed E-state index contributed by atoms with van der Waals surface area (Å²) in [5, 5.41) is 33.4. The number of hydrogen-bond acceptors (Lipinski definition) is 9. The molecule has 0 aromatic carbocycles. The number of aliphatic carboxylic acids is 3. The highest BCUT2D eigenvalue weighted by atomic mass is 32.1. The lowest BCUT2D eigenvalue weighted by atomic mass is 10.1. The third-order valence-electron chi connectivity index (χ3n) is 4.39. The summed E-state index contributed by atoms with van der Waals surface area (Å²) in [4.78, 5) is 70.2. The molecule has 15 heteroatoms. The Morgan fingerprint density at radius 3 is 1.79 bits per heavy atom. The summed E-state index contributed by atoms with van der Waals surface area (Å²) in [5.41, 5.74) is 11.1. The second-order valence-corrected chi connectivity index (χ2v) is 7.49. The highest BCUT2D eigenvalue weighted by molar-refractivity contribution is 7.80. The average molecular weight is 494 g/mol. The number of carbonyl (C=O) groups excluding carboxylic acids is 3. The van der Waals surface area contributed by atoms with Gasteiger partial charge in [0.2, 0.25) is 17.7 Å². The summed E-state index contributed by atoms with van der Waals surface area (Å²) in [6, 6.07) is -5.49. The van der Waals surface area contributed by atoms with Gasteiger partial charge < -0.3 is 42.7 Å². The van der Waals surface area contributed by atoms with Crippen molar-refractivity contribution in [3.8, 4) is 0 Å². The van der Waals surface area contributed by atoms with E-state index < -0.39 is 79.1 Å². The largest absolute Gasteiger partial charge is 0.481 e. The number of nitrogens with two attached hydrogens (primary N) is 2. The quantitative estimate of drug-likeness (QED) is 0.0741. The van der Waals surface area contributed by atoms with Crippen molar-refractivity contribution in [3.05, 3.63) is 0 Å². The van der Waals surface area contributed by atoms with Gasteiger partial charge in [-0.25, -0.2) is 4.79 Å². The van der Waals surface area contributed by atoms with Crippen LogP contribution in [0.15, 0.2) is 0 Å². The van der Waals surface area contributed by atoms with Gasteiger partial charge in [0.05, 0.1) is 12.5 Å². The molecule has 10 N–H and O–H groups in total. The molecule has 0 aromatic heterocycles. The van der Waals surface area contributed by atoms with Crippen LogP contribution in [0.2, 0.25) is 0 Å². The van der Waals surface area contributed by atoms with Gasteiger partial charge in [-0.2, -0.15) is 12.6 Å². The second-order valence-electron chi connectivity index (χ2n) is 7.13. The SMILES string of the molecule is NCCCCC(N)C(=O)NC(CS)C(=O)NC(CC(=O)O)C(=O)NC(CCC(=O)O)C(=O)O. The third kappa shape index (κ3) is 12.6. The molecule has 0 aliphatic carbocycles. The molecule has 0 radical (unpaired) electrons. The maximum absolute atomic E-state index is 12.5. The van der Waals surface area contributed by atoms with Gasteiger partial charge in [-0.1, -0.05) is 6.42 Å². The molecule has 188 valence electrons. The molecule has 14 nitrogen and oxygen atoms in total. The fourth-order valence-corrected chi connectivity index (χ4v) is 2.82. The van der Waals surface area contributed by atoms with Gasteiger partial charge in [0.15, 0.2) is 0 Å². The van der Waals surface area contributed by atoms with Gasteiger partial charge >= 0.3 is 17.9 Å². The summed E-state index contributed by atoms with van der Waals surface area (Å²) in [7, 11) is 0. The van der Waals surface area contributed by atoms with Gasteiger partial charge in [0.1, 0.15) is 18.1 Å². The highest BCUT2D eigenvalue weighted by Gasteiger charge is 2.31. The first-order valence-corrected chi connectivity index (χ1v) is 10.7. The number of thiol groups is 1. The van der Waals surface area contributed by atoms with Crippen LogP contribution in [-0.2, 0) is 28.8 Å². The fourth-order valence-electron chi connectivity index (χ4n) is 2.57. The first-order chi connectivity index (χ1) is 15.4. The van der Waals surface area contributed by atoms with Crippen molar-refractivity contribution in [3.63, 3.8) is 0 Å². The van der Waals surface area contributed by atoms with Crippen LogP contribution >= 0.6 is 12.6 Å². The Hall–Kier alpha value is -2.91. The van der Waals surface area contributed by atoms with E-state index in [-0.39, 0.29) is 5.75 Å². The van der Waals surface area contributed by atoms with E-state index in [0.717, 1.165) is 0 Å². The molecule has 3 amide bonds. The van der Waals surface area contributed by atoms with Crippen LogP contribution in [0.3, 0.4) is 0 Å². The van der Waals surface area contributed by atoms with Gasteiger partial charge in [0.25, 0.3) is 0 Å². The third-order valence-corrected chi connectivity index (χ3v) is 4.76. The van der Waals surface area contributed by atoms with Crippen molar-refractivity contribution in [2.45, 2.75) is 62.7 Å². The molecule has 0 bridgehead atoms. The summed E-state index contributed by atoms with van der Waals surface area (Å²) >= 11 is 3.97. The van der Waals surface area contributed by atoms with Crippen LogP contribution in [0, 0.1) is 0 Å². The van der Waals surface area contributed by atoms with Crippen molar-refractivity contribution in [2.24, 2.45) is 11.5 Å². The number of amides is 3. The molecule has 4 unspecified atom stereocenters. The summed E-state index contributed by atoms with van der Waals surface area (Å²) < 4.78 is 0. The van der Waals surface area contributed by atoms with Crippen LogP contribution in [0.25, 0.3) is 0 Å². The fraction of sp³-hybridized carbons (Fsp3) is 0.667. The van der Waals surface area contributed by atoms with Gasteiger partial charge in [-0.15, -0.1) is 0 Å². The zero-order valence-electron chi connectivity index (χ0n) is 17.9. The van der Waals surface area contributed by atoms with E-state index in [4.69, 9.17) is 26.8 Å². The molecule has 4 atom stereocenters. The minimum atomic E-state index is -1.70. The van der Waals surface area contributed by atoms with Crippen LogP contribution in [0.1, 0.15) is 38.5 Å². The number of carboxylic acid groups (broad SMARTS) is 3. The minimum absolute atomic E-state index is 0.204. The summed E-state index contributed by atoms with van der Waals surface area (Å²) in [5.74, 6) is -7.24. The monoisotopic (exact) mass is 493 g/mol. The highest BCUT2D eigenvalue weighted by Crippen LogP contribution is 2.03. The first-order valence-electron chi connectivity index (χ1n) is 10.1. The smallest absolute Gasteiger partial charge is 0.326 e. The number of carbonyl (C=O) groups is 6. The lowest BCUT2D eigenvalue weighted by molar-refractivity contribution is -0.144. The zero-order valence-corrected chi connectivity index (χ0v) is 18.8. The Balaban J connectivity index is 5.21. The van der Waals surface area contributed by atoms with Crippen LogP contribution < -0.4 is 27.4 Å². The molecule has 0 spiro atoms. The molecule has 0 rings (SSSR count). The molecule has 0 heterocycles. The first kappa shape index (κ1) is 30.1. The second kappa shape index (κ2) is 15.8. The van der Waals surface area contributed by atoms with Crippen molar-refractivity contribution < 1.29 is 44.1 Å². The van der Waals surface area contributed by atoms with E-state index in [1.165, 1.54) is 0 Å². The van der Waals surface area contributed by atoms with Crippen LogP contribution in [0.4, 0.5) is 0 Å². The van der Waals surface area contributed by atoms with E-state index >= 15 is 0 Å². The van der Waals surface area contributed by atoms with E-state index in [9.17, 15) is 28.8 Å². The van der Waals surface area contributed by atoms with E-state index in [1.807, 2.05) is 5.32 Å². The molecule has 0 aromatic rings. The standard InChI is InChI=1S/C18H31N5O9S/c19-6-2-1-3-9(20)15(28)23-12(8-33)17(30)22-11(7-14(26)27)16(29)21-10(18(31)32)4-5-13(24)25/h9-12,33H,1-8,19-20H2,(H,21,29)(H,22,30)(H,23,28)(H,24,25)(H,26,27)(H,31,32). The molecule has 33 heavy (non-hydrogen) atoms. The Bertz CT molecular complexity index is 721. The Kier molecular flexibility index (Phi) is 14.4. The normalized spacial score (nSPS) is 14.3. The van der Waals surface area contributed by atoms with E-state index in [2.05, 4.69) is 23.3 Å². The maximum Gasteiger partial charge on any atom is 0.326 e. The predicted octanol–water partition coefficient (Wildman–Crippen LogP) is -2.75. The molecular formula is C18H31N5O9S. The topological polar surface area (TPSA) is 251 Å². The number of hydrogen-bond donors (Lipinski definition) is 9. The van der Waals surface area contributed by atoms with Gasteiger partial charge in [0, 0.05) is 12.2 Å². The Morgan fingerprint density at radius 2 is 1.30 bits per heavy atom. The lowest BCUT2D eigenvalue weighted by Crippen LogP contribution is -2.58. The van der Waals surface area contributed by atoms with Crippen LogP contribution in [0.5, 0.6) is 0 Å². The van der Waals surface area contributed by atoms with E-state index in [0.29, 0.717) is 25.8 Å². The lowest BCUT2D eigenvalue weighted by Gasteiger charge is -2.23. The van der Waals surface area contributed by atoms with Crippen molar-refractivity contribution in [2.75, 3.05) is 12.3 Å². The van der Waals surface area contributed by atoms with Gasteiger partial charge in [-0.05, 0) is 25.8 Å². The number of nitrogens with one attached hydrogen (secondary N) is 3. The minimum Gasteiger partial charge on any atom is -0.481 e. The van der Waals surface area contributed by atoms with Crippen LogP contribution in [-0.4, -0.2) is 87.4 Å². The maximum atomic E-state index is 12.5. The summed E-state index contributed by atoms with van der Waals surface area (Å²) in [6.07, 6.45) is -0.340. The molecular weight excluding hydrogens is 462 g/mol. The van der Waals surface area contributed by atoms with Gasteiger partial charge in [-0.3, -0.25) is 24.0 Å². The van der Waals surface area contributed by atoms with Crippen molar-refractivity contribution in [1.29, 1.82) is 0 Å². The molecule has 0 fully saturated rings. The zero-order chi connectivity index (χ0) is 25.6. The van der Waals surface area contributed by atoms with E-state index in [1.54, 1.807) is 0 Å². The van der Waals surface area contributed by atoms with Crippen molar-refractivity contribution in [1.82, 2.24) is 16.0 Å². The van der Waals surface area contributed by atoms with Crippen molar-refractivity contribution >= 4 is 48.3 Å². The molecule has 0 aliphatic rings. The molecule has 0 saturated carbocycles. The molecule has 0 saturated heterocycles. The predicted molar refractivity (Wildman–Crippen MR) is 117 cm³/mol. The summed E-state index contributed by atoms with van der Waals surface area (Å²) in [6.45, 7) is 0.433.